The molecule has 1 fully saturated rings. The van der Waals surface area contributed by atoms with Crippen molar-refractivity contribution in [3.63, 3.8) is 0 Å². The SMILES string of the molecule is O=C(NC[C@@H]1CCCO1)c1sc2c(Br)ccc(OC(F)F)c2c1Cl. The summed E-state index contributed by atoms with van der Waals surface area (Å²) in [5, 5.41) is 3.19. The molecular formula is C15H13BrClF2NO3S. The molecule has 1 amide bonds. The predicted molar refractivity (Wildman–Crippen MR) is 92.5 cm³/mol. The van der Waals surface area contributed by atoms with Gasteiger partial charge in [0.05, 0.1) is 21.2 Å². The van der Waals surface area contributed by atoms with Crippen LogP contribution in [0.25, 0.3) is 10.1 Å². The van der Waals surface area contributed by atoms with Crippen molar-refractivity contribution in [3.05, 3.63) is 26.5 Å². The summed E-state index contributed by atoms with van der Waals surface area (Å²) < 4.78 is 36.4. The number of thiophene rings is 1. The number of hydrogen-bond donors (Lipinski definition) is 1. The molecule has 1 atom stereocenters. The molecule has 1 aromatic carbocycles. The van der Waals surface area contributed by atoms with Crippen molar-refractivity contribution < 1.29 is 23.0 Å². The van der Waals surface area contributed by atoms with Crippen LogP contribution in [0.3, 0.4) is 0 Å². The lowest BCUT2D eigenvalue weighted by atomic mass is 10.2. The van der Waals surface area contributed by atoms with Crippen LogP contribution in [0.15, 0.2) is 16.6 Å². The molecule has 0 saturated carbocycles. The summed E-state index contributed by atoms with van der Waals surface area (Å²) in [6.45, 7) is -1.88. The number of rotatable bonds is 5. The van der Waals surface area contributed by atoms with Crippen LogP contribution in [-0.4, -0.2) is 31.8 Å². The second-order valence-corrected chi connectivity index (χ2v) is 7.47. The van der Waals surface area contributed by atoms with E-state index in [0.717, 1.165) is 24.2 Å². The van der Waals surface area contributed by atoms with Crippen LogP contribution in [0.5, 0.6) is 5.75 Å². The average Bonchev–Trinajstić information content (AvgIpc) is 3.16. The molecule has 1 N–H and O–H groups in total. The standard InChI is InChI=1S/C15H13BrClF2NO3S/c16-8-3-4-9(23-15(18)19)10-11(17)13(24-12(8)10)14(21)20-6-7-2-1-5-22-7/h3-4,7,15H,1-2,5-6H2,(H,20,21)/t7-/m0/s1. The monoisotopic (exact) mass is 439 g/mol. The Kier molecular flexibility index (Phi) is 5.59. The number of ether oxygens (including phenoxy) is 2. The van der Waals surface area contributed by atoms with Crippen molar-refractivity contribution in [2.24, 2.45) is 0 Å². The maximum Gasteiger partial charge on any atom is 0.387 e. The van der Waals surface area contributed by atoms with Crippen molar-refractivity contribution in [2.45, 2.75) is 25.6 Å². The third-order valence-electron chi connectivity index (χ3n) is 3.63. The fourth-order valence-corrected chi connectivity index (χ4v) is 4.59. The summed E-state index contributed by atoms with van der Waals surface area (Å²) >= 11 is 10.8. The zero-order chi connectivity index (χ0) is 17.3. The first-order valence-electron chi connectivity index (χ1n) is 7.22. The molecule has 0 spiro atoms. The summed E-state index contributed by atoms with van der Waals surface area (Å²) in [6, 6.07) is 2.98. The van der Waals surface area contributed by atoms with Crippen LogP contribution >= 0.6 is 38.9 Å². The van der Waals surface area contributed by atoms with Gasteiger partial charge in [-0.1, -0.05) is 11.6 Å². The fraction of sp³-hybridized carbons (Fsp3) is 0.400. The van der Waals surface area contributed by atoms with Crippen molar-refractivity contribution in [1.29, 1.82) is 0 Å². The van der Waals surface area contributed by atoms with E-state index in [1.165, 1.54) is 6.07 Å². The lowest BCUT2D eigenvalue weighted by Gasteiger charge is -2.10. The Morgan fingerprint density at radius 3 is 3.00 bits per heavy atom. The lowest BCUT2D eigenvalue weighted by Crippen LogP contribution is -2.31. The molecule has 2 heterocycles. The van der Waals surface area contributed by atoms with E-state index in [4.69, 9.17) is 16.3 Å². The fourth-order valence-electron chi connectivity index (χ4n) is 2.54. The summed E-state index contributed by atoms with van der Waals surface area (Å²) in [7, 11) is 0. The summed E-state index contributed by atoms with van der Waals surface area (Å²) in [4.78, 5) is 12.7. The largest absolute Gasteiger partial charge is 0.434 e. The first-order valence-corrected chi connectivity index (χ1v) is 9.21. The van der Waals surface area contributed by atoms with E-state index in [-0.39, 0.29) is 27.7 Å². The van der Waals surface area contributed by atoms with E-state index < -0.39 is 6.61 Å². The van der Waals surface area contributed by atoms with Gasteiger partial charge in [0.25, 0.3) is 5.91 Å². The molecular weight excluding hydrogens is 428 g/mol. The molecule has 130 valence electrons. The topological polar surface area (TPSA) is 47.6 Å². The van der Waals surface area contributed by atoms with E-state index in [1.807, 2.05) is 0 Å². The highest BCUT2D eigenvalue weighted by Gasteiger charge is 2.24. The maximum absolute atomic E-state index is 12.6. The summed E-state index contributed by atoms with van der Waals surface area (Å²) in [5.41, 5.74) is 0. The molecule has 24 heavy (non-hydrogen) atoms. The minimum absolute atomic E-state index is 0.00608. The quantitative estimate of drug-likeness (QED) is 0.725. The number of nitrogens with one attached hydrogen (secondary N) is 1. The number of benzene rings is 1. The van der Waals surface area contributed by atoms with Gasteiger partial charge in [-0.3, -0.25) is 4.79 Å². The van der Waals surface area contributed by atoms with Crippen molar-refractivity contribution in [1.82, 2.24) is 5.32 Å². The molecule has 3 rings (SSSR count). The van der Waals surface area contributed by atoms with E-state index >= 15 is 0 Å². The van der Waals surface area contributed by atoms with Gasteiger partial charge in [0, 0.05) is 17.6 Å². The van der Waals surface area contributed by atoms with Crippen LogP contribution in [0, 0.1) is 0 Å². The maximum atomic E-state index is 12.6. The van der Waals surface area contributed by atoms with Crippen LogP contribution in [0.4, 0.5) is 8.78 Å². The van der Waals surface area contributed by atoms with Crippen LogP contribution in [0.1, 0.15) is 22.5 Å². The zero-order valence-electron chi connectivity index (χ0n) is 12.3. The van der Waals surface area contributed by atoms with Crippen LogP contribution in [0.2, 0.25) is 5.02 Å². The summed E-state index contributed by atoms with van der Waals surface area (Å²) in [6.07, 6.45) is 1.88. The van der Waals surface area contributed by atoms with Gasteiger partial charge in [0.1, 0.15) is 10.6 Å². The predicted octanol–water partition coefficient (Wildman–Crippen LogP) is 4.83. The van der Waals surface area contributed by atoms with Crippen molar-refractivity contribution in [3.8, 4) is 5.75 Å². The number of amides is 1. The number of carbonyl (C=O) groups excluding carboxylic acids is 1. The van der Waals surface area contributed by atoms with Crippen molar-refractivity contribution in [2.75, 3.05) is 13.2 Å². The van der Waals surface area contributed by atoms with Crippen LogP contribution in [-0.2, 0) is 4.74 Å². The number of halogens is 4. The second-order valence-electron chi connectivity index (χ2n) is 5.22. The first kappa shape index (κ1) is 17.8. The molecule has 2 aromatic rings. The van der Waals surface area contributed by atoms with Gasteiger partial charge in [0.2, 0.25) is 0 Å². The van der Waals surface area contributed by atoms with Gasteiger partial charge in [-0.2, -0.15) is 8.78 Å². The average molecular weight is 441 g/mol. The molecule has 9 heteroatoms. The Morgan fingerprint density at radius 2 is 2.33 bits per heavy atom. The van der Waals surface area contributed by atoms with E-state index in [2.05, 4.69) is 26.0 Å². The highest BCUT2D eigenvalue weighted by molar-refractivity contribution is 9.10. The Bertz CT molecular complexity index is 765. The number of hydrogen-bond acceptors (Lipinski definition) is 4. The van der Waals surface area contributed by atoms with Gasteiger partial charge in [-0.15, -0.1) is 11.3 Å². The van der Waals surface area contributed by atoms with Gasteiger partial charge < -0.3 is 14.8 Å². The number of fused-ring (bicyclic) bond motifs is 1. The highest BCUT2D eigenvalue weighted by Crippen LogP contribution is 2.44. The second kappa shape index (κ2) is 7.51. The Hall–Kier alpha value is -0.960. The Labute approximate surface area is 154 Å². The Morgan fingerprint density at radius 1 is 1.54 bits per heavy atom. The van der Waals surface area contributed by atoms with Crippen molar-refractivity contribution >= 4 is 54.9 Å². The first-order chi connectivity index (χ1) is 11.5. The molecule has 1 aliphatic rings. The molecule has 0 unspecified atom stereocenters. The molecule has 1 saturated heterocycles. The molecule has 1 aliphatic heterocycles. The number of carbonyl (C=O) groups is 1. The minimum Gasteiger partial charge on any atom is -0.434 e. The molecule has 1 aromatic heterocycles. The van der Waals surface area contributed by atoms with Gasteiger partial charge >= 0.3 is 6.61 Å². The van der Waals surface area contributed by atoms with E-state index in [1.54, 1.807) is 6.07 Å². The van der Waals surface area contributed by atoms with E-state index in [9.17, 15) is 13.6 Å². The molecule has 0 bridgehead atoms. The normalized spacial score (nSPS) is 17.6. The zero-order valence-corrected chi connectivity index (χ0v) is 15.4. The Balaban J connectivity index is 1.89. The van der Waals surface area contributed by atoms with E-state index in [0.29, 0.717) is 27.7 Å². The smallest absolute Gasteiger partial charge is 0.387 e. The molecule has 0 aliphatic carbocycles. The van der Waals surface area contributed by atoms with Gasteiger partial charge in [-0.25, -0.2) is 0 Å². The summed E-state index contributed by atoms with van der Waals surface area (Å²) in [5.74, 6) is -0.408. The number of alkyl halides is 2. The van der Waals surface area contributed by atoms with Gasteiger partial charge in [-0.05, 0) is 40.9 Å². The highest BCUT2D eigenvalue weighted by atomic mass is 79.9. The molecule has 4 nitrogen and oxygen atoms in total. The van der Waals surface area contributed by atoms with Gasteiger partial charge in [0.15, 0.2) is 0 Å². The third-order valence-corrected chi connectivity index (χ3v) is 6.27. The van der Waals surface area contributed by atoms with Crippen LogP contribution < -0.4 is 10.1 Å². The lowest BCUT2D eigenvalue weighted by molar-refractivity contribution is -0.0487. The third kappa shape index (κ3) is 3.66. The minimum atomic E-state index is -2.97. The molecule has 0 radical (unpaired) electrons.